The quantitative estimate of drug-likeness (QED) is 0.237. The van der Waals surface area contributed by atoms with Crippen molar-refractivity contribution in [2.75, 3.05) is 20.1 Å². The molecule has 0 radical (unpaired) electrons. The van der Waals surface area contributed by atoms with Gasteiger partial charge in [0.05, 0.1) is 16.3 Å². The minimum atomic E-state index is -1.06. The van der Waals surface area contributed by atoms with Crippen molar-refractivity contribution >= 4 is 35.3 Å². The highest BCUT2D eigenvalue weighted by molar-refractivity contribution is 6.31. The number of halogens is 2. The summed E-state index contributed by atoms with van der Waals surface area (Å²) in [5.74, 6) is -2.14. The Morgan fingerprint density at radius 3 is 2.42 bits per heavy atom. The molecular weight excluding hydrogens is 635 g/mol. The number of tetrazole rings is 1. The Kier molecular flexibility index (Phi) is 9.26. The summed E-state index contributed by atoms with van der Waals surface area (Å²) in [5.41, 5.74) is 3.35. The number of Topliss-reactive ketones (excluding diaryl/α,β-unsaturated/α-hetero) is 1. The van der Waals surface area contributed by atoms with Gasteiger partial charge in [0.15, 0.2) is 11.6 Å². The molecule has 3 aromatic carbocycles. The van der Waals surface area contributed by atoms with E-state index in [1.165, 1.54) is 46.9 Å². The number of likely N-dealkylation sites (tertiary alicyclic amines) is 1. The molecule has 3 heterocycles. The molecule has 2 aliphatic heterocycles. The summed E-state index contributed by atoms with van der Waals surface area (Å²) in [5, 5.41) is 20.3. The van der Waals surface area contributed by atoms with Gasteiger partial charge in [0.25, 0.3) is 0 Å². The van der Waals surface area contributed by atoms with E-state index >= 15 is 4.39 Å². The molecular formula is C36H36ClFN6O4. The highest BCUT2D eigenvalue weighted by Gasteiger charge is 2.46. The van der Waals surface area contributed by atoms with Crippen LogP contribution in [0.4, 0.5) is 4.39 Å². The van der Waals surface area contributed by atoms with Crippen molar-refractivity contribution < 1.29 is 23.9 Å². The van der Waals surface area contributed by atoms with Crippen LogP contribution in [-0.4, -0.2) is 78.4 Å². The van der Waals surface area contributed by atoms with E-state index in [9.17, 15) is 19.5 Å². The van der Waals surface area contributed by atoms with E-state index in [1.54, 1.807) is 23.1 Å². The van der Waals surface area contributed by atoms with E-state index in [2.05, 4.69) is 33.5 Å². The number of nitrogens with zero attached hydrogens (tertiary/aromatic N) is 6. The maximum Gasteiger partial charge on any atom is 0.335 e. The second kappa shape index (κ2) is 13.4. The number of rotatable bonds is 8. The van der Waals surface area contributed by atoms with Crippen LogP contribution in [0.25, 0.3) is 11.8 Å². The molecule has 0 bridgehead atoms. The summed E-state index contributed by atoms with van der Waals surface area (Å²) in [6.07, 6.45) is 6.43. The Morgan fingerprint density at radius 2 is 1.75 bits per heavy atom. The molecule has 2 aliphatic rings. The molecule has 1 aromatic heterocycles. The lowest BCUT2D eigenvalue weighted by Crippen LogP contribution is -2.56. The topological polar surface area (TPSA) is 122 Å². The summed E-state index contributed by atoms with van der Waals surface area (Å²) in [6.45, 7) is 5.85. The second-order valence-electron chi connectivity index (χ2n) is 13.1. The first-order chi connectivity index (χ1) is 22.9. The summed E-state index contributed by atoms with van der Waals surface area (Å²) in [7, 11) is 2.12. The third-order valence-corrected chi connectivity index (χ3v) is 9.73. The number of hydrogen-bond acceptors (Lipinski definition) is 7. The van der Waals surface area contributed by atoms with E-state index in [4.69, 9.17) is 11.6 Å². The van der Waals surface area contributed by atoms with E-state index in [1.807, 2.05) is 26.0 Å². The lowest BCUT2D eigenvalue weighted by molar-refractivity contribution is -0.143. The molecule has 48 heavy (non-hydrogen) atoms. The van der Waals surface area contributed by atoms with Crippen molar-refractivity contribution in [3.8, 4) is 5.69 Å². The van der Waals surface area contributed by atoms with E-state index < -0.39 is 29.3 Å². The number of aromatic carboxylic acids is 1. The molecule has 6 rings (SSSR count). The van der Waals surface area contributed by atoms with Crippen molar-refractivity contribution in [1.82, 2.24) is 30.0 Å². The number of carboxylic acids is 1. The SMILES string of the molecule is CN1CCC(c2cccc3c2CC(C)(C)N(C(=O)/C=C/c2c(-n4cnnn4)ccc(Cl)c2F)C3C(=O)Cc2ccc(C(=O)O)cc2)CC1. The zero-order chi connectivity index (χ0) is 34.2. The van der Waals surface area contributed by atoms with Crippen LogP contribution >= 0.6 is 11.6 Å². The van der Waals surface area contributed by atoms with Gasteiger partial charge in [-0.3, -0.25) is 9.59 Å². The summed E-state index contributed by atoms with van der Waals surface area (Å²) < 4.78 is 16.7. The lowest BCUT2D eigenvalue weighted by Gasteiger charge is -2.48. The van der Waals surface area contributed by atoms with Crippen molar-refractivity contribution in [2.45, 2.75) is 57.0 Å². The summed E-state index contributed by atoms with van der Waals surface area (Å²) in [6, 6.07) is 14.2. The van der Waals surface area contributed by atoms with Gasteiger partial charge < -0.3 is 14.9 Å². The van der Waals surface area contributed by atoms with Crippen molar-refractivity contribution in [1.29, 1.82) is 0 Å². The third-order valence-electron chi connectivity index (χ3n) is 9.44. The summed E-state index contributed by atoms with van der Waals surface area (Å²) >= 11 is 6.12. The average molecular weight is 671 g/mol. The van der Waals surface area contributed by atoms with Crippen LogP contribution in [0, 0.1) is 5.82 Å². The van der Waals surface area contributed by atoms with Gasteiger partial charge >= 0.3 is 5.97 Å². The van der Waals surface area contributed by atoms with Crippen LogP contribution in [0.15, 0.2) is 67.0 Å². The average Bonchev–Trinajstić information content (AvgIpc) is 3.59. The number of aromatic nitrogens is 4. The van der Waals surface area contributed by atoms with Gasteiger partial charge in [-0.15, -0.1) is 5.10 Å². The number of piperidine rings is 1. The highest BCUT2D eigenvalue weighted by atomic mass is 35.5. The normalized spacial score (nSPS) is 18.2. The maximum atomic E-state index is 15.4. The Morgan fingerprint density at radius 1 is 1.04 bits per heavy atom. The predicted molar refractivity (Wildman–Crippen MR) is 179 cm³/mol. The van der Waals surface area contributed by atoms with Gasteiger partial charge in [-0.1, -0.05) is 41.9 Å². The fourth-order valence-electron chi connectivity index (χ4n) is 7.02. The van der Waals surface area contributed by atoms with Crippen molar-refractivity contribution in [3.63, 3.8) is 0 Å². The molecule has 1 amide bonds. The van der Waals surface area contributed by atoms with Crippen LogP contribution in [-0.2, 0) is 22.4 Å². The molecule has 12 heteroatoms. The molecule has 248 valence electrons. The molecule has 4 aromatic rings. The number of ketones is 1. The van der Waals surface area contributed by atoms with Crippen LogP contribution in [0.1, 0.15) is 76.8 Å². The largest absolute Gasteiger partial charge is 0.478 e. The van der Waals surface area contributed by atoms with Gasteiger partial charge in [0.2, 0.25) is 5.91 Å². The van der Waals surface area contributed by atoms with Gasteiger partial charge in [-0.2, -0.15) is 4.68 Å². The van der Waals surface area contributed by atoms with E-state index in [0.717, 1.165) is 37.1 Å². The van der Waals surface area contributed by atoms with Crippen LogP contribution in [0.5, 0.6) is 0 Å². The minimum Gasteiger partial charge on any atom is -0.478 e. The monoisotopic (exact) mass is 670 g/mol. The number of hydrogen-bond donors (Lipinski definition) is 1. The third kappa shape index (κ3) is 6.52. The highest BCUT2D eigenvalue weighted by Crippen LogP contribution is 2.44. The molecule has 0 spiro atoms. The first-order valence-corrected chi connectivity index (χ1v) is 16.2. The number of carboxylic acid groups (broad SMARTS) is 1. The van der Waals surface area contributed by atoms with Crippen molar-refractivity contribution in [2.24, 2.45) is 0 Å². The Labute approximate surface area is 282 Å². The standard InChI is InChI=1S/C36H36ClFN6O4/c1-36(2)20-28-25(23-15-17-42(3)18-16-23)5-4-6-26(28)34(31(45)19-22-7-9-24(10-8-22)35(47)48)44(36)32(46)14-11-27-30(43-21-39-40-41-43)13-12-29(37)33(27)38/h4-14,21,23,34H,15-20H2,1-3H3,(H,47,48)/b14-11+. The Hall–Kier alpha value is -4.74. The van der Waals surface area contributed by atoms with Gasteiger partial charge in [-0.25, -0.2) is 9.18 Å². The van der Waals surface area contributed by atoms with Gasteiger partial charge in [0.1, 0.15) is 12.4 Å². The molecule has 0 aliphatic carbocycles. The van der Waals surface area contributed by atoms with Gasteiger partial charge in [-0.05, 0) is 122 Å². The zero-order valence-electron chi connectivity index (χ0n) is 26.9. The molecule has 0 saturated carbocycles. The van der Waals surface area contributed by atoms with E-state index in [-0.39, 0.29) is 34.0 Å². The molecule has 1 atom stereocenters. The maximum absolute atomic E-state index is 15.4. The second-order valence-corrected chi connectivity index (χ2v) is 13.5. The molecule has 1 saturated heterocycles. The van der Waals surface area contributed by atoms with Crippen LogP contribution < -0.4 is 0 Å². The van der Waals surface area contributed by atoms with Crippen molar-refractivity contribution in [3.05, 3.63) is 111 Å². The van der Waals surface area contributed by atoms with Crippen LogP contribution in [0.3, 0.4) is 0 Å². The minimum absolute atomic E-state index is 0.0155. The number of benzene rings is 3. The Balaban J connectivity index is 1.41. The van der Waals surface area contributed by atoms with Crippen LogP contribution in [0.2, 0.25) is 5.02 Å². The fraction of sp³-hybridized carbons (Fsp3) is 0.333. The molecule has 10 nitrogen and oxygen atoms in total. The Bertz CT molecular complexity index is 1890. The fourth-order valence-corrected chi connectivity index (χ4v) is 7.18. The predicted octanol–water partition coefficient (Wildman–Crippen LogP) is 5.69. The number of carbonyl (C=O) groups excluding carboxylic acids is 2. The lowest BCUT2D eigenvalue weighted by atomic mass is 9.74. The molecule has 1 unspecified atom stereocenters. The molecule has 1 N–H and O–H groups in total. The first kappa shape index (κ1) is 33.2. The first-order valence-electron chi connectivity index (χ1n) is 15.8. The summed E-state index contributed by atoms with van der Waals surface area (Å²) in [4.78, 5) is 44.1. The number of carbonyl (C=O) groups is 3. The zero-order valence-corrected chi connectivity index (χ0v) is 27.7. The smallest absolute Gasteiger partial charge is 0.335 e. The molecule has 1 fully saturated rings. The van der Waals surface area contributed by atoms with Gasteiger partial charge in [0, 0.05) is 23.6 Å². The van der Waals surface area contributed by atoms with E-state index in [0.29, 0.717) is 17.9 Å². The number of fused-ring (bicyclic) bond motifs is 1. The number of amides is 1.